The third kappa shape index (κ3) is 1.49. The second-order valence-corrected chi connectivity index (χ2v) is 6.09. The van der Waals surface area contributed by atoms with Crippen LogP contribution in [-0.2, 0) is 10.8 Å². The molecule has 0 atom stereocenters. The Morgan fingerprint density at radius 2 is 1.67 bits per heavy atom. The Bertz CT molecular complexity index is 414. The number of hydrogen-bond acceptors (Lipinski definition) is 0. The standard InChI is InChI=1S/C14H19F/c1-9-6-10(15)7-11-12(9)14(4,5)8-13(11,2)3/h6-7H,8H2,1-5H3. The Hall–Kier alpha value is -0.850. The largest absolute Gasteiger partial charge is 0.207 e. The van der Waals surface area contributed by atoms with Crippen molar-refractivity contribution in [3.63, 3.8) is 0 Å². The van der Waals surface area contributed by atoms with Gasteiger partial charge in [-0.15, -0.1) is 0 Å². The Morgan fingerprint density at radius 3 is 2.27 bits per heavy atom. The summed E-state index contributed by atoms with van der Waals surface area (Å²) in [7, 11) is 0. The lowest BCUT2D eigenvalue weighted by molar-refractivity contribution is 0.402. The highest BCUT2D eigenvalue weighted by Gasteiger charge is 2.42. The van der Waals surface area contributed by atoms with Gasteiger partial charge < -0.3 is 0 Å². The summed E-state index contributed by atoms with van der Waals surface area (Å²) in [5, 5.41) is 0. The van der Waals surface area contributed by atoms with Crippen molar-refractivity contribution in [3.05, 3.63) is 34.6 Å². The van der Waals surface area contributed by atoms with Gasteiger partial charge in [-0.1, -0.05) is 27.7 Å². The average molecular weight is 206 g/mol. The minimum absolute atomic E-state index is 0.1000. The molecule has 2 rings (SSSR count). The van der Waals surface area contributed by atoms with E-state index in [9.17, 15) is 4.39 Å². The molecule has 0 heterocycles. The van der Waals surface area contributed by atoms with Crippen molar-refractivity contribution in [2.45, 2.75) is 51.9 Å². The third-order valence-corrected chi connectivity index (χ3v) is 3.59. The van der Waals surface area contributed by atoms with Crippen molar-refractivity contribution in [1.82, 2.24) is 0 Å². The van der Waals surface area contributed by atoms with Crippen LogP contribution in [-0.4, -0.2) is 0 Å². The van der Waals surface area contributed by atoms with Crippen LogP contribution >= 0.6 is 0 Å². The summed E-state index contributed by atoms with van der Waals surface area (Å²) >= 11 is 0. The van der Waals surface area contributed by atoms with Gasteiger partial charge in [-0.3, -0.25) is 0 Å². The second kappa shape index (κ2) is 2.84. The average Bonchev–Trinajstić information content (AvgIpc) is 2.15. The van der Waals surface area contributed by atoms with Gasteiger partial charge in [0.1, 0.15) is 5.82 Å². The van der Waals surface area contributed by atoms with Gasteiger partial charge >= 0.3 is 0 Å². The predicted molar refractivity (Wildman–Crippen MR) is 61.8 cm³/mol. The fourth-order valence-electron chi connectivity index (χ4n) is 3.46. The molecule has 0 bridgehead atoms. The molecule has 0 amide bonds. The van der Waals surface area contributed by atoms with Crippen molar-refractivity contribution >= 4 is 0 Å². The molecule has 1 heteroatoms. The Morgan fingerprint density at radius 1 is 1.07 bits per heavy atom. The number of hydrogen-bond donors (Lipinski definition) is 0. The first-order valence-electron chi connectivity index (χ1n) is 5.55. The van der Waals surface area contributed by atoms with Gasteiger partial charge in [0, 0.05) is 0 Å². The van der Waals surface area contributed by atoms with Crippen LogP contribution in [0.4, 0.5) is 4.39 Å². The van der Waals surface area contributed by atoms with Crippen molar-refractivity contribution in [3.8, 4) is 0 Å². The summed E-state index contributed by atoms with van der Waals surface area (Å²) in [5.41, 5.74) is 3.93. The zero-order valence-corrected chi connectivity index (χ0v) is 10.2. The first kappa shape index (κ1) is 10.7. The van der Waals surface area contributed by atoms with E-state index < -0.39 is 0 Å². The summed E-state index contributed by atoms with van der Waals surface area (Å²) in [6, 6.07) is 3.37. The normalized spacial score (nSPS) is 21.5. The van der Waals surface area contributed by atoms with Crippen LogP contribution in [0, 0.1) is 12.7 Å². The molecule has 0 nitrogen and oxygen atoms in total. The summed E-state index contributed by atoms with van der Waals surface area (Å²) in [6.07, 6.45) is 1.10. The van der Waals surface area contributed by atoms with Crippen molar-refractivity contribution in [1.29, 1.82) is 0 Å². The minimum Gasteiger partial charge on any atom is -0.207 e. The van der Waals surface area contributed by atoms with Gasteiger partial charge in [-0.05, 0) is 53.0 Å². The van der Waals surface area contributed by atoms with Crippen LogP contribution in [0.15, 0.2) is 12.1 Å². The maximum atomic E-state index is 13.4. The van der Waals surface area contributed by atoms with Gasteiger partial charge in [0.15, 0.2) is 0 Å². The molecule has 1 aliphatic rings. The highest BCUT2D eigenvalue weighted by atomic mass is 19.1. The van der Waals surface area contributed by atoms with E-state index in [1.807, 2.05) is 6.92 Å². The monoisotopic (exact) mass is 206 g/mol. The molecule has 82 valence electrons. The molecule has 0 N–H and O–H groups in total. The van der Waals surface area contributed by atoms with Gasteiger partial charge in [0.25, 0.3) is 0 Å². The van der Waals surface area contributed by atoms with Gasteiger partial charge in [0.2, 0.25) is 0 Å². The Balaban J connectivity index is 2.75. The van der Waals surface area contributed by atoms with Gasteiger partial charge in [0.05, 0.1) is 0 Å². The highest BCUT2D eigenvalue weighted by molar-refractivity contribution is 5.49. The number of aryl methyl sites for hydroxylation is 1. The van der Waals surface area contributed by atoms with E-state index in [2.05, 4.69) is 27.7 Å². The fraction of sp³-hybridized carbons (Fsp3) is 0.571. The quantitative estimate of drug-likeness (QED) is 0.599. The van der Waals surface area contributed by atoms with Crippen LogP contribution in [0.2, 0.25) is 0 Å². The molecule has 0 saturated heterocycles. The lowest BCUT2D eigenvalue weighted by Crippen LogP contribution is -2.18. The molecule has 1 aliphatic carbocycles. The molecule has 0 radical (unpaired) electrons. The molecule has 0 aromatic heterocycles. The van der Waals surface area contributed by atoms with E-state index in [0.717, 1.165) is 12.0 Å². The fourth-order valence-corrected chi connectivity index (χ4v) is 3.46. The van der Waals surface area contributed by atoms with Crippen LogP contribution in [0.5, 0.6) is 0 Å². The molecule has 1 aromatic rings. The molecule has 15 heavy (non-hydrogen) atoms. The first-order valence-corrected chi connectivity index (χ1v) is 5.55. The molecule has 1 aromatic carbocycles. The molecule has 0 spiro atoms. The summed E-state index contributed by atoms with van der Waals surface area (Å²) in [4.78, 5) is 0. The molecular weight excluding hydrogens is 187 g/mol. The van der Waals surface area contributed by atoms with E-state index in [1.54, 1.807) is 12.1 Å². The Labute approximate surface area is 91.5 Å². The SMILES string of the molecule is Cc1cc(F)cc2c1C(C)(C)CC2(C)C. The number of halogens is 1. The lowest BCUT2D eigenvalue weighted by atomic mass is 9.81. The van der Waals surface area contributed by atoms with Gasteiger partial charge in [-0.25, -0.2) is 4.39 Å². The van der Waals surface area contributed by atoms with E-state index in [1.165, 1.54) is 11.1 Å². The first-order chi connectivity index (χ1) is 6.74. The van der Waals surface area contributed by atoms with Gasteiger partial charge in [-0.2, -0.15) is 0 Å². The van der Waals surface area contributed by atoms with Crippen molar-refractivity contribution in [2.24, 2.45) is 0 Å². The maximum Gasteiger partial charge on any atom is 0.123 e. The maximum absolute atomic E-state index is 13.4. The van der Waals surface area contributed by atoms with Crippen LogP contribution < -0.4 is 0 Å². The molecule has 0 unspecified atom stereocenters. The van der Waals surface area contributed by atoms with Crippen LogP contribution in [0.1, 0.15) is 50.8 Å². The molecule has 0 saturated carbocycles. The second-order valence-electron chi connectivity index (χ2n) is 6.09. The predicted octanol–water partition coefficient (Wildman–Crippen LogP) is 4.09. The zero-order valence-electron chi connectivity index (χ0n) is 10.2. The number of benzene rings is 1. The molecule has 0 fully saturated rings. The highest BCUT2D eigenvalue weighted by Crippen LogP contribution is 2.50. The summed E-state index contributed by atoms with van der Waals surface area (Å²) in [5.74, 6) is -0.1000. The van der Waals surface area contributed by atoms with Crippen molar-refractivity contribution in [2.75, 3.05) is 0 Å². The number of fused-ring (bicyclic) bond motifs is 1. The smallest absolute Gasteiger partial charge is 0.123 e. The molecule has 0 aliphatic heterocycles. The topological polar surface area (TPSA) is 0 Å². The Kier molecular flexibility index (Phi) is 2.02. The summed E-state index contributed by atoms with van der Waals surface area (Å²) in [6.45, 7) is 10.9. The zero-order chi connectivity index (χ0) is 11.4. The summed E-state index contributed by atoms with van der Waals surface area (Å²) < 4.78 is 13.4. The van der Waals surface area contributed by atoms with Crippen LogP contribution in [0.3, 0.4) is 0 Å². The molecular formula is C14H19F. The van der Waals surface area contributed by atoms with E-state index >= 15 is 0 Å². The number of rotatable bonds is 0. The van der Waals surface area contributed by atoms with E-state index in [4.69, 9.17) is 0 Å². The lowest BCUT2D eigenvalue weighted by Gasteiger charge is -2.23. The van der Waals surface area contributed by atoms with E-state index in [0.29, 0.717) is 0 Å². The minimum atomic E-state index is -0.1000. The van der Waals surface area contributed by atoms with Crippen LogP contribution in [0.25, 0.3) is 0 Å². The third-order valence-electron chi connectivity index (χ3n) is 3.59. The van der Waals surface area contributed by atoms with Crippen molar-refractivity contribution < 1.29 is 4.39 Å². The van der Waals surface area contributed by atoms with E-state index in [-0.39, 0.29) is 16.6 Å².